The van der Waals surface area contributed by atoms with E-state index in [1.165, 1.54) is 21.1 Å². The maximum Gasteiger partial charge on any atom is 0.283 e. The number of nitrogens with zero attached hydrogens (tertiary/aromatic N) is 3. The van der Waals surface area contributed by atoms with E-state index in [9.17, 15) is 18.3 Å². The third kappa shape index (κ3) is 5.43. The van der Waals surface area contributed by atoms with Crippen LogP contribution in [-0.2, 0) is 23.6 Å². The number of carbonyl (C=O) groups excluding carboxylic acids is 1. The normalized spacial score (nSPS) is 12.4. The number of hydrogen-bond donors (Lipinski definition) is 2. The van der Waals surface area contributed by atoms with Gasteiger partial charge in [-0.25, -0.2) is 0 Å². The number of halogens is 1. The Morgan fingerprint density at radius 3 is 2.55 bits per heavy atom. The molecule has 8 nitrogen and oxygen atoms in total. The fraction of sp³-hybridized carbons (Fsp3) is 0.238. The summed E-state index contributed by atoms with van der Waals surface area (Å²) in [7, 11) is -2.38. The first-order valence-corrected chi connectivity index (χ1v) is 11.3. The molecule has 0 aliphatic carbocycles. The van der Waals surface area contributed by atoms with Crippen LogP contribution in [0, 0.1) is 0 Å². The van der Waals surface area contributed by atoms with Gasteiger partial charge in [0.1, 0.15) is 0 Å². The molecule has 1 amide bonds. The van der Waals surface area contributed by atoms with Crippen LogP contribution in [-0.4, -0.2) is 41.9 Å². The highest BCUT2D eigenvalue weighted by molar-refractivity contribution is 7.92. The summed E-state index contributed by atoms with van der Waals surface area (Å²) in [6.45, 7) is 1.48. The SMILES string of the molecule is CC(CO)NC(=O)c1cccc(N(Cc2ccc(Cl)cc2)S(=O)(=O)c2ccn(C)n2)c1. The molecule has 0 aliphatic heterocycles. The maximum absolute atomic E-state index is 13.4. The van der Waals surface area contributed by atoms with Crippen molar-refractivity contribution in [3.63, 3.8) is 0 Å². The lowest BCUT2D eigenvalue weighted by atomic mass is 10.1. The Labute approximate surface area is 186 Å². The predicted octanol–water partition coefficient (Wildman–Crippen LogP) is 2.58. The number of benzene rings is 2. The molecule has 3 rings (SSSR count). The van der Waals surface area contributed by atoms with E-state index in [2.05, 4.69) is 10.4 Å². The van der Waals surface area contributed by atoms with Crippen LogP contribution >= 0.6 is 11.6 Å². The minimum absolute atomic E-state index is 0.0220. The number of nitrogens with one attached hydrogen (secondary N) is 1. The molecule has 2 N–H and O–H groups in total. The lowest BCUT2D eigenvalue weighted by Gasteiger charge is -2.24. The molecule has 1 aromatic heterocycles. The molecular weight excluding hydrogens is 440 g/mol. The standard InChI is InChI=1S/C21H23ClN4O4S/c1-15(14-27)23-21(28)17-4-3-5-19(12-17)26(13-16-6-8-18(22)9-7-16)31(29,30)20-10-11-25(2)24-20/h3-12,15,27H,13-14H2,1-2H3,(H,23,28). The van der Waals surface area contributed by atoms with Crippen molar-refractivity contribution >= 4 is 33.2 Å². The van der Waals surface area contributed by atoms with Gasteiger partial charge in [-0.05, 0) is 48.9 Å². The molecule has 0 radical (unpaired) electrons. The zero-order chi connectivity index (χ0) is 22.6. The second-order valence-electron chi connectivity index (χ2n) is 7.07. The van der Waals surface area contributed by atoms with Crippen molar-refractivity contribution in [1.29, 1.82) is 0 Å². The van der Waals surface area contributed by atoms with Crippen molar-refractivity contribution in [2.45, 2.75) is 24.5 Å². The van der Waals surface area contributed by atoms with E-state index in [1.807, 2.05) is 0 Å². The van der Waals surface area contributed by atoms with Gasteiger partial charge in [0.15, 0.2) is 5.03 Å². The van der Waals surface area contributed by atoms with Crippen LogP contribution in [0.1, 0.15) is 22.8 Å². The molecule has 1 unspecified atom stereocenters. The molecule has 10 heteroatoms. The topological polar surface area (TPSA) is 105 Å². The van der Waals surface area contributed by atoms with E-state index in [1.54, 1.807) is 62.6 Å². The molecule has 0 fully saturated rings. The monoisotopic (exact) mass is 462 g/mol. The fourth-order valence-electron chi connectivity index (χ4n) is 2.87. The highest BCUT2D eigenvalue weighted by Crippen LogP contribution is 2.26. The molecule has 0 bridgehead atoms. The molecule has 1 heterocycles. The zero-order valence-electron chi connectivity index (χ0n) is 17.1. The number of carbonyl (C=O) groups is 1. The van der Waals surface area contributed by atoms with Crippen LogP contribution in [0.4, 0.5) is 5.69 Å². The van der Waals surface area contributed by atoms with Crippen molar-refractivity contribution in [1.82, 2.24) is 15.1 Å². The number of hydrogen-bond acceptors (Lipinski definition) is 5. The molecule has 0 saturated carbocycles. The van der Waals surface area contributed by atoms with Crippen molar-refractivity contribution in [3.05, 3.63) is 76.9 Å². The molecule has 0 aliphatic rings. The third-order valence-corrected chi connectivity index (χ3v) is 6.45. The summed E-state index contributed by atoms with van der Waals surface area (Å²) in [4.78, 5) is 12.5. The minimum Gasteiger partial charge on any atom is -0.394 e. The molecule has 31 heavy (non-hydrogen) atoms. The van der Waals surface area contributed by atoms with Gasteiger partial charge in [0.25, 0.3) is 15.9 Å². The Kier molecular flexibility index (Phi) is 6.99. The van der Waals surface area contributed by atoms with Crippen molar-refractivity contribution in [3.8, 4) is 0 Å². The molecule has 1 atom stereocenters. The largest absolute Gasteiger partial charge is 0.394 e. The van der Waals surface area contributed by atoms with E-state index in [-0.39, 0.29) is 23.7 Å². The van der Waals surface area contributed by atoms with Gasteiger partial charge in [-0.3, -0.25) is 13.8 Å². The fourth-order valence-corrected chi connectivity index (χ4v) is 4.40. The lowest BCUT2D eigenvalue weighted by molar-refractivity contribution is 0.0922. The van der Waals surface area contributed by atoms with E-state index in [4.69, 9.17) is 11.6 Å². The van der Waals surface area contributed by atoms with Crippen LogP contribution in [0.5, 0.6) is 0 Å². The molecule has 2 aromatic carbocycles. The van der Waals surface area contributed by atoms with Gasteiger partial charge >= 0.3 is 0 Å². The Bertz CT molecular complexity index is 1160. The second-order valence-corrected chi connectivity index (χ2v) is 9.32. The van der Waals surface area contributed by atoms with Gasteiger partial charge in [0, 0.05) is 29.9 Å². The highest BCUT2D eigenvalue weighted by Gasteiger charge is 2.28. The average Bonchev–Trinajstić information content (AvgIpc) is 3.20. The second kappa shape index (κ2) is 9.51. The molecule has 0 spiro atoms. The van der Waals surface area contributed by atoms with Gasteiger partial charge in [-0.2, -0.15) is 13.5 Å². The number of aromatic nitrogens is 2. The third-order valence-electron chi connectivity index (χ3n) is 4.53. The smallest absolute Gasteiger partial charge is 0.283 e. The van der Waals surface area contributed by atoms with Crippen molar-refractivity contribution in [2.24, 2.45) is 7.05 Å². The first-order chi connectivity index (χ1) is 14.7. The molecule has 164 valence electrons. The summed E-state index contributed by atoms with van der Waals surface area (Å²) in [6.07, 6.45) is 1.55. The minimum atomic E-state index is -4.02. The summed E-state index contributed by atoms with van der Waals surface area (Å²) < 4.78 is 29.4. The Morgan fingerprint density at radius 1 is 1.23 bits per heavy atom. The number of anilines is 1. The lowest BCUT2D eigenvalue weighted by Crippen LogP contribution is -2.35. The molecular formula is C21H23ClN4O4S. The van der Waals surface area contributed by atoms with Crippen molar-refractivity contribution < 1.29 is 18.3 Å². The van der Waals surface area contributed by atoms with E-state index < -0.39 is 22.0 Å². The van der Waals surface area contributed by atoms with Gasteiger partial charge in [-0.15, -0.1) is 0 Å². The number of sulfonamides is 1. The van der Waals surface area contributed by atoms with Gasteiger partial charge in [-0.1, -0.05) is 29.8 Å². The van der Waals surface area contributed by atoms with Crippen molar-refractivity contribution in [2.75, 3.05) is 10.9 Å². The Balaban J connectivity index is 2.03. The maximum atomic E-state index is 13.4. The zero-order valence-corrected chi connectivity index (χ0v) is 18.6. The first kappa shape index (κ1) is 22.8. The van der Waals surface area contributed by atoms with Crippen LogP contribution < -0.4 is 9.62 Å². The van der Waals surface area contributed by atoms with Crippen LogP contribution in [0.25, 0.3) is 0 Å². The molecule has 3 aromatic rings. The highest BCUT2D eigenvalue weighted by atomic mass is 35.5. The Morgan fingerprint density at radius 2 is 1.94 bits per heavy atom. The number of amides is 1. The number of aliphatic hydroxyl groups is 1. The summed E-state index contributed by atoms with van der Waals surface area (Å²) in [5, 5.41) is 16.3. The number of rotatable bonds is 8. The predicted molar refractivity (Wildman–Crippen MR) is 118 cm³/mol. The van der Waals surface area contributed by atoms with Crippen LogP contribution in [0.3, 0.4) is 0 Å². The number of aliphatic hydroxyl groups excluding tert-OH is 1. The first-order valence-electron chi connectivity index (χ1n) is 9.49. The van der Waals surface area contributed by atoms with E-state index >= 15 is 0 Å². The van der Waals surface area contributed by atoms with Crippen LogP contribution in [0.15, 0.2) is 65.8 Å². The van der Waals surface area contributed by atoms with Gasteiger partial charge < -0.3 is 10.4 Å². The summed E-state index contributed by atoms with van der Waals surface area (Å²) in [5.74, 6) is -0.412. The molecule has 0 saturated heterocycles. The summed E-state index contributed by atoms with van der Waals surface area (Å²) >= 11 is 5.96. The van der Waals surface area contributed by atoms with E-state index in [0.717, 1.165) is 0 Å². The van der Waals surface area contributed by atoms with Crippen LogP contribution in [0.2, 0.25) is 5.02 Å². The number of aryl methyl sites for hydroxylation is 1. The quantitative estimate of drug-likeness (QED) is 0.535. The van der Waals surface area contributed by atoms with Gasteiger partial charge in [0.2, 0.25) is 0 Å². The van der Waals surface area contributed by atoms with Gasteiger partial charge in [0.05, 0.1) is 18.8 Å². The Hall–Kier alpha value is -2.88. The summed E-state index contributed by atoms with van der Waals surface area (Å²) in [5.41, 5.74) is 1.30. The van der Waals surface area contributed by atoms with E-state index in [0.29, 0.717) is 16.3 Å². The average molecular weight is 463 g/mol. The summed E-state index contributed by atoms with van der Waals surface area (Å²) in [6, 6.07) is 14.1.